The highest BCUT2D eigenvalue weighted by Gasteiger charge is 2.22. The highest BCUT2D eigenvalue weighted by Crippen LogP contribution is 2.17. The van der Waals surface area contributed by atoms with E-state index in [4.69, 9.17) is 4.74 Å². The number of benzene rings is 1. The molecule has 2 N–H and O–H groups in total. The van der Waals surface area contributed by atoms with Crippen LogP contribution in [0.5, 0.6) is 5.75 Å². The van der Waals surface area contributed by atoms with Crippen molar-refractivity contribution in [1.82, 2.24) is 5.32 Å². The zero-order valence-corrected chi connectivity index (χ0v) is 12.5. The molecule has 1 aromatic carbocycles. The molecule has 0 radical (unpaired) electrons. The van der Waals surface area contributed by atoms with E-state index >= 15 is 0 Å². The second kappa shape index (κ2) is 8.30. The molecule has 1 saturated heterocycles. The summed E-state index contributed by atoms with van der Waals surface area (Å²) >= 11 is 1.74. The van der Waals surface area contributed by atoms with Crippen LogP contribution in [0, 0.1) is 0 Å². The molecular formula is C13H19ClN2O2S. The number of carbonyl (C=O) groups is 1. The summed E-state index contributed by atoms with van der Waals surface area (Å²) in [5, 5.41) is 6.04. The van der Waals surface area contributed by atoms with Crippen molar-refractivity contribution in [3.05, 3.63) is 24.3 Å². The maximum absolute atomic E-state index is 11.9. The van der Waals surface area contributed by atoms with Gasteiger partial charge in [0.05, 0.1) is 12.6 Å². The molecule has 1 amide bonds. The number of ether oxygens (including phenoxy) is 1. The third-order valence-corrected chi connectivity index (χ3v) is 3.57. The van der Waals surface area contributed by atoms with E-state index < -0.39 is 0 Å². The van der Waals surface area contributed by atoms with Gasteiger partial charge in [-0.15, -0.1) is 24.2 Å². The van der Waals surface area contributed by atoms with E-state index in [-0.39, 0.29) is 24.4 Å². The summed E-state index contributed by atoms with van der Waals surface area (Å²) in [4.78, 5) is 11.9. The molecule has 0 aromatic heterocycles. The minimum Gasteiger partial charge on any atom is -0.494 e. The lowest BCUT2D eigenvalue weighted by Crippen LogP contribution is -2.37. The lowest BCUT2D eigenvalue weighted by molar-refractivity contribution is -0.117. The molecule has 1 fully saturated rings. The van der Waals surface area contributed by atoms with Gasteiger partial charge in [0, 0.05) is 17.3 Å². The smallest absolute Gasteiger partial charge is 0.242 e. The predicted molar refractivity (Wildman–Crippen MR) is 82.4 cm³/mol. The molecule has 0 spiro atoms. The quantitative estimate of drug-likeness (QED) is 0.877. The third-order valence-electron chi connectivity index (χ3n) is 2.63. The Kier molecular flexibility index (Phi) is 7.05. The van der Waals surface area contributed by atoms with Crippen molar-refractivity contribution in [2.24, 2.45) is 0 Å². The van der Waals surface area contributed by atoms with E-state index in [1.165, 1.54) is 0 Å². The Bertz CT molecular complexity index is 394. The Morgan fingerprint density at radius 3 is 2.79 bits per heavy atom. The summed E-state index contributed by atoms with van der Waals surface area (Å²) in [6.07, 6.45) is 0.990. The van der Waals surface area contributed by atoms with Gasteiger partial charge in [-0.25, -0.2) is 0 Å². The minimum absolute atomic E-state index is 0. The van der Waals surface area contributed by atoms with E-state index in [9.17, 15) is 4.79 Å². The summed E-state index contributed by atoms with van der Waals surface area (Å²) in [6, 6.07) is 7.41. The number of rotatable bonds is 5. The number of hydrogen-bond donors (Lipinski definition) is 2. The zero-order chi connectivity index (χ0) is 12.8. The first-order valence-corrected chi connectivity index (χ1v) is 7.30. The first kappa shape index (κ1) is 16.1. The fourth-order valence-corrected chi connectivity index (χ4v) is 2.59. The largest absolute Gasteiger partial charge is 0.494 e. The molecule has 1 aliphatic rings. The van der Waals surface area contributed by atoms with E-state index in [2.05, 4.69) is 17.6 Å². The number of carbonyl (C=O) groups excluding carboxylic acids is 1. The molecule has 1 aliphatic heterocycles. The molecule has 1 atom stereocenters. The van der Waals surface area contributed by atoms with Crippen molar-refractivity contribution < 1.29 is 9.53 Å². The number of thioether (sulfide) groups is 1. The molecule has 1 aromatic rings. The molecule has 0 saturated carbocycles. The number of anilines is 1. The summed E-state index contributed by atoms with van der Waals surface area (Å²) in [5.41, 5.74) is 0.808. The molecule has 6 heteroatoms. The van der Waals surface area contributed by atoms with Crippen LogP contribution in [0.25, 0.3) is 0 Å². The van der Waals surface area contributed by atoms with Crippen molar-refractivity contribution in [3.8, 4) is 5.75 Å². The first-order valence-electron chi connectivity index (χ1n) is 6.14. The normalized spacial score (nSPS) is 17.6. The Morgan fingerprint density at radius 2 is 2.21 bits per heavy atom. The number of amides is 1. The van der Waals surface area contributed by atoms with Crippen molar-refractivity contribution in [1.29, 1.82) is 0 Å². The van der Waals surface area contributed by atoms with E-state index in [0.29, 0.717) is 0 Å². The first-order chi connectivity index (χ1) is 8.79. The second-order valence-electron chi connectivity index (χ2n) is 4.13. The summed E-state index contributed by atoms with van der Waals surface area (Å²) in [5.74, 6) is 2.55. The standard InChI is InChI=1S/C13H18N2O2S.ClH/c1-2-7-17-11-5-3-10(4-6-11)15-13(16)12-8-18-9-14-12;/h3-6,12,14H,2,7-9H2,1H3,(H,15,16);1H. The molecule has 1 unspecified atom stereocenters. The van der Waals surface area contributed by atoms with E-state index in [1.54, 1.807) is 11.8 Å². The van der Waals surface area contributed by atoms with Crippen LogP contribution in [0.15, 0.2) is 24.3 Å². The Balaban J connectivity index is 0.00000180. The average molecular weight is 303 g/mol. The van der Waals surface area contributed by atoms with Crippen molar-refractivity contribution in [2.45, 2.75) is 19.4 Å². The van der Waals surface area contributed by atoms with Gasteiger partial charge < -0.3 is 10.1 Å². The fraction of sp³-hybridized carbons (Fsp3) is 0.462. The molecule has 4 nitrogen and oxygen atoms in total. The van der Waals surface area contributed by atoms with Crippen LogP contribution >= 0.6 is 24.2 Å². The molecule has 19 heavy (non-hydrogen) atoms. The van der Waals surface area contributed by atoms with Gasteiger partial charge in [-0.05, 0) is 30.7 Å². The SMILES string of the molecule is CCCOc1ccc(NC(=O)C2CSCN2)cc1.Cl. The monoisotopic (exact) mass is 302 g/mol. The van der Waals surface area contributed by atoms with Crippen molar-refractivity contribution >= 4 is 35.8 Å². The van der Waals surface area contributed by atoms with Gasteiger partial charge in [-0.2, -0.15) is 0 Å². The van der Waals surface area contributed by atoms with Crippen LogP contribution in [0.3, 0.4) is 0 Å². The number of halogens is 1. The predicted octanol–water partition coefficient (Wildman–Crippen LogP) is 2.50. The van der Waals surface area contributed by atoms with E-state index in [1.807, 2.05) is 24.3 Å². The van der Waals surface area contributed by atoms with Crippen LogP contribution < -0.4 is 15.4 Å². The van der Waals surface area contributed by atoms with Gasteiger partial charge in [0.25, 0.3) is 0 Å². The Hall–Kier alpha value is -0.910. The summed E-state index contributed by atoms with van der Waals surface area (Å²) < 4.78 is 5.49. The van der Waals surface area contributed by atoms with Crippen LogP contribution in [-0.2, 0) is 4.79 Å². The van der Waals surface area contributed by atoms with Gasteiger partial charge in [0.2, 0.25) is 5.91 Å². The molecule has 106 valence electrons. The van der Waals surface area contributed by atoms with Gasteiger partial charge in [0.15, 0.2) is 0 Å². The minimum atomic E-state index is -0.0778. The molecule has 0 aliphatic carbocycles. The maximum Gasteiger partial charge on any atom is 0.242 e. The fourth-order valence-electron chi connectivity index (χ4n) is 1.65. The van der Waals surface area contributed by atoms with Crippen LogP contribution in [-0.4, -0.2) is 30.2 Å². The van der Waals surface area contributed by atoms with Crippen LogP contribution in [0.4, 0.5) is 5.69 Å². The second-order valence-corrected chi connectivity index (χ2v) is 5.16. The molecular weight excluding hydrogens is 284 g/mol. The lowest BCUT2D eigenvalue weighted by atomic mass is 10.2. The topological polar surface area (TPSA) is 50.4 Å². The maximum atomic E-state index is 11.9. The summed E-state index contributed by atoms with van der Waals surface area (Å²) in [6.45, 7) is 2.79. The van der Waals surface area contributed by atoms with Crippen LogP contribution in [0.2, 0.25) is 0 Å². The molecule has 2 rings (SSSR count). The lowest BCUT2D eigenvalue weighted by Gasteiger charge is -2.11. The van der Waals surface area contributed by atoms with Gasteiger partial charge >= 0.3 is 0 Å². The zero-order valence-electron chi connectivity index (χ0n) is 10.8. The van der Waals surface area contributed by atoms with Crippen LogP contribution in [0.1, 0.15) is 13.3 Å². The highest BCUT2D eigenvalue weighted by molar-refractivity contribution is 7.99. The summed E-state index contributed by atoms with van der Waals surface area (Å²) in [7, 11) is 0. The van der Waals surface area contributed by atoms with Gasteiger partial charge in [0.1, 0.15) is 5.75 Å². The Morgan fingerprint density at radius 1 is 1.47 bits per heavy atom. The number of hydrogen-bond acceptors (Lipinski definition) is 4. The van der Waals surface area contributed by atoms with E-state index in [0.717, 1.165) is 36.1 Å². The third kappa shape index (κ3) is 4.93. The average Bonchev–Trinajstić information content (AvgIpc) is 2.92. The molecule has 0 bridgehead atoms. The Labute approximate surface area is 124 Å². The van der Waals surface area contributed by atoms with Gasteiger partial charge in [-0.3, -0.25) is 10.1 Å². The number of nitrogens with one attached hydrogen (secondary N) is 2. The highest BCUT2D eigenvalue weighted by atomic mass is 35.5. The van der Waals surface area contributed by atoms with Gasteiger partial charge in [-0.1, -0.05) is 6.92 Å². The van der Waals surface area contributed by atoms with Crippen molar-refractivity contribution in [2.75, 3.05) is 23.6 Å². The molecule has 1 heterocycles. The van der Waals surface area contributed by atoms with Crippen molar-refractivity contribution in [3.63, 3.8) is 0 Å².